The Kier molecular flexibility index (Phi) is 4.89. The van der Waals surface area contributed by atoms with Gasteiger partial charge in [0.15, 0.2) is 0 Å². The van der Waals surface area contributed by atoms with Crippen LogP contribution < -0.4 is 5.32 Å². The Labute approximate surface area is 73.3 Å². The number of carbonyl (C=O) groups is 1. The van der Waals surface area contributed by atoms with Crippen LogP contribution in [-0.2, 0) is 14.6 Å². The molecular weight excluding hydrogens is 178 g/mol. The topological polar surface area (TPSA) is 63.2 Å². The van der Waals surface area contributed by atoms with E-state index in [1.165, 1.54) is 6.26 Å². The first-order chi connectivity index (χ1) is 5.45. The van der Waals surface area contributed by atoms with Gasteiger partial charge >= 0.3 is 0 Å². The largest absolute Gasteiger partial charge is 0.356 e. The monoisotopic (exact) mass is 193 g/mol. The summed E-state index contributed by atoms with van der Waals surface area (Å²) in [6, 6.07) is 0. The lowest BCUT2D eigenvalue weighted by Gasteiger charge is -2.00. The SMILES string of the molecule is CCNC(=O)CCCS(C)(=O)=O. The van der Waals surface area contributed by atoms with E-state index in [0.29, 0.717) is 19.4 Å². The molecule has 0 aromatic heterocycles. The fraction of sp³-hybridized carbons (Fsp3) is 0.857. The lowest BCUT2D eigenvalue weighted by Crippen LogP contribution is -2.22. The molecular formula is C7H15NO3S. The Bertz CT molecular complexity index is 233. The molecule has 0 unspecified atom stereocenters. The average molecular weight is 193 g/mol. The first-order valence-corrected chi connectivity index (χ1v) is 5.96. The van der Waals surface area contributed by atoms with Crippen LogP contribution in [0.2, 0.25) is 0 Å². The van der Waals surface area contributed by atoms with Gasteiger partial charge in [0.25, 0.3) is 0 Å². The Balaban J connectivity index is 3.51. The van der Waals surface area contributed by atoms with Crippen LogP contribution in [0.15, 0.2) is 0 Å². The van der Waals surface area contributed by atoms with Gasteiger partial charge in [-0.15, -0.1) is 0 Å². The molecule has 0 atom stereocenters. The van der Waals surface area contributed by atoms with Crippen molar-refractivity contribution in [2.45, 2.75) is 19.8 Å². The van der Waals surface area contributed by atoms with E-state index in [1.807, 2.05) is 6.92 Å². The molecule has 0 radical (unpaired) electrons. The van der Waals surface area contributed by atoms with Gasteiger partial charge in [-0.1, -0.05) is 0 Å². The Morgan fingerprint density at radius 2 is 2.00 bits per heavy atom. The van der Waals surface area contributed by atoms with Crippen molar-refractivity contribution < 1.29 is 13.2 Å². The quantitative estimate of drug-likeness (QED) is 0.665. The minimum atomic E-state index is -2.91. The number of amides is 1. The summed E-state index contributed by atoms with van der Waals surface area (Å²) in [5.74, 6) is 0.00517. The zero-order chi connectivity index (χ0) is 9.61. The zero-order valence-electron chi connectivity index (χ0n) is 7.46. The maximum Gasteiger partial charge on any atom is 0.220 e. The van der Waals surface area contributed by atoms with Crippen LogP contribution in [0.1, 0.15) is 19.8 Å². The summed E-state index contributed by atoms with van der Waals surface area (Å²) < 4.78 is 21.3. The third-order valence-electron chi connectivity index (χ3n) is 1.29. The van der Waals surface area contributed by atoms with E-state index in [9.17, 15) is 13.2 Å². The lowest BCUT2D eigenvalue weighted by molar-refractivity contribution is -0.120. The zero-order valence-corrected chi connectivity index (χ0v) is 8.28. The van der Waals surface area contributed by atoms with Crippen LogP contribution in [0.25, 0.3) is 0 Å². The number of hydrogen-bond acceptors (Lipinski definition) is 3. The summed E-state index contributed by atoms with van der Waals surface area (Å²) in [5, 5.41) is 2.60. The third kappa shape index (κ3) is 7.53. The normalized spacial score (nSPS) is 11.2. The molecule has 12 heavy (non-hydrogen) atoms. The van der Waals surface area contributed by atoms with Gasteiger partial charge in [-0.05, 0) is 13.3 Å². The van der Waals surface area contributed by atoms with Crippen LogP contribution in [0.5, 0.6) is 0 Å². The van der Waals surface area contributed by atoms with Gasteiger partial charge in [0.1, 0.15) is 9.84 Å². The van der Waals surface area contributed by atoms with Crippen LogP contribution in [0.3, 0.4) is 0 Å². The highest BCUT2D eigenvalue weighted by Crippen LogP contribution is 1.93. The second-order valence-electron chi connectivity index (χ2n) is 2.69. The highest BCUT2D eigenvalue weighted by Gasteiger charge is 2.04. The molecule has 0 spiro atoms. The van der Waals surface area contributed by atoms with Gasteiger partial charge in [0, 0.05) is 19.2 Å². The van der Waals surface area contributed by atoms with Crippen molar-refractivity contribution >= 4 is 15.7 Å². The van der Waals surface area contributed by atoms with Crippen molar-refractivity contribution in [3.8, 4) is 0 Å². The molecule has 1 amide bonds. The number of hydrogen-bond donors (Lipinski definition) is 1. The smallest absolute Gasteiger partial charge is 0.220 e. The van der Waals surface area contributed by atoms with Crippen molar-refractivity contribution in [1.82, 2.24) is 5.32 Å². The molecule has 0 aliphatic heterocycles. The van der Waals surface area contributed by atoms with Crippen molar-refractivity contribution in [1.29, 1.82) is 0 Å². The van der Waals surface area contributed by atoms with E-state index in [2.05, 4.69) is 5.32 Å². The first-order valence-electron chi connectivity index (χ1n) is 3.90. The van der Waals surface area contributed by atoms with Crippen molar-refractivity contribution in [2.24, 2.45) is 0 Å². The molecule has 0 aliphatic rings. The molecule has 0 rings (SSSR count). The van der Waals surface area contributed by atoms with Gasteiger partial charge < -0.3 is 5.32 Å². The van der Waals surface area contributed by atoms with E-state index >= 15 is 0 Å². The molecule has 4 nitrogen and oxygen atoms in total. The molecule has 0 heterocycles. The highest BCUT2D eigenvalue weighted by molar-refractivity contribution is 7.90. The Morgan fingerprint density at radius 3 is 2.42 bits per heavy atom. The molecule has 0 saturated carbocycles. The molecule has 0 aromatic carbocycles. The van der Waals surface area contributed by atoms with Crippen molar-refractivity contribution in [3.63, 3.8) is 0 Å². The summed E-state index contributed by atoms with van der Waals surface area (Å²) >= 11 is 0. The molecule has 0 aromatic rings. The summed E-state index contributed by atoms with van der Waals surface area (Å²) in [6.07, 6.45) is 1.87. The van der Waals surface area contributed by atoms with Crippen LogP contribution in [0, 0.1) is 0 Å². The first kappa shape index (κ1) is 11.4. The fourth-order valence-electron chi connectivity index (χ4n) is 0.780. The molecule has 0 saturated heterocycles. The summed E-state index contributed by atoms with van der Waals surface area (Å²) in [7, 11) is -2.91. The second kappa shape index (κ2) is 5.13. The molecule has 0 fully saturated rings. The van der Waals surface area contributed by atoms with E-state index < -0.39 is 9.84 Å². The standard InChI is InChI=1S/C7H15NO3S/c1-3-8-7(9)5-4-6-12(2,10)11/h3-6H2,1-2H3,(H,8,9). The van der Waals surface area contributed by atoms with Crippen LogP contribution >= 0.6 is 0 Å². The Morgan fingerprint density at radius 1 is 1.42 bits per heavy atom. The van der Waals surface area contributed by atoms with Gasteiger partial charge in [0.05, 0.1) is 5.75 Å². The average Bonchev–Trinajstić information content (AvgIpc) is 1.84. The van der Waals surface area contributed by atoms with Gasteiger partial charge in [-0.25, -0.2) is 8.42 Å². The summed E-state index contributed by atoms with van der Waals surface area (Å²) in [5.41, 5.74) is 0. The minimum Gasteiger partial charge on any atom is -0.356 e. The number of nitrogens with one attached hydrogen (secondary N) is 1. The fourth-order valence-corrected chi connectivity index (χ4v) is 1.45. The second-order valence-corrected chi connectivity index (χ2v) is 4.95. The van der Waals surface area contributed by atoms with Gasteiger partial charge in [0.2, 0.25) is 5.91 Å². The summed E-state index contributed by atoms with van der Waals surface area (Å²) in [6.45, 7) is 2.42. The summed E-state index contributed by atoms with van der Waals surface area (Å²) in [4.78, 5) is 10.8. The number of carbonyl (C=O) groups excluding carboxylic acids is 1. The van der Waals surface area contributed by atoms with Crippen molar-refractivity contribution in [3.05, 3.63) is 0 Å². The molecule has 5 heteroatoms. The predicted octanol–water partition coefficient (Wildman–Crippen LogP) is -0.0527. The van der Waals surface area contributed by atoms with Crippen molar-refractivity contribution in [2.75, 3.05) is 18.6 Å². The molecule has 0 bridgehead atoms. The third-order valence-corrected chi connectivity index (χ3v) is 2.32. The Hall–Kier alpha value is -0.580. The minimum absolute atomic E-state index is 0.0823. The number of rotatable bonds is 5. The molecule has 1 N–H and O–H groups in total. The van der Waals surface area contributed by atoms with E-state index in [-0.39, 0.29) is 11.7 Å². The van der Waals surface area contributed by atoms with Crippen LogP contribution in [0.4, 0.5) is 0 Å². The maximum absolute atomic E-state index is 10.8. The van der Waals surface area contributed by atoms with E-state index in [0.717, 1.165) is 0 Å². The van der Waals surface area contributed by atoms with Gasteiger partial charge in [-0.2, -0.15) is 0 Å². The maximum atomic E-state index is 10.8. The number of sulfone groups is 1. The van der Waals surface area contributed by atoms with E-state index in [1.54, 1.807) is 0 Å². The van der Waals surface area contributed by atoms with E-state index in [4.69, 9.17) is 0 Å². The predicted molar refractivity (Wildman–Crippen MR) is 47.6 cm³/mol. The molecule has 0 aliphatic carbocycles. The van der Waals surface area contributed by atoms with Crippen LogP contribution in [-0.4, -0.2) is 32.9 Å². The lowest BCUT2D eigenvalue weighted by atomic mass is 10.3. The molecule has 72 valence electrons. The highest BCUT2D eigenvalue weighted by atomic mass is 32.2. The van der Waals surface area contributed by atoms with Gasteiger partial charge in [-0.3, -0.25) is 4.79 Å².